The van der Waals surface area contributed by atoms with Crippen LogP contribution in [0.4, 0.5) is 0 Å². The zero-order valence-corrected chi connectivity index (χ0v) is 19.6. The zero-order chi connectivity index (χ0) is 24.0. The maximum Gasteiger partial charge on any atom is 0.306 e. The second-order valence-corrected chi connectivity index (χ2v) is 9.34. The summed E-state index contributed by atoms with van der Waals surface area (Å²) in [6.45, 7) is 5.98. The Morgan fingerprint density at radius 1 is 1.09 bits per heavy atom. The molecule has 1 aromatic carbocycles. The van der Waals surface area contributed by atoms with Gasteiger partial charge in [0.15, 0.2) is 12.1 Å². The number of aliphatic carboxylic acids is 1. The molecule has 170 valence electrons. The Kier molecular flexibility index (Phi) is 5.41. The number of carbonyl (C=O) groups is 2. The predicted octanol–water partition coefficient (Wildman–Crippen LogP) is 4.50. The number of benzene rings is 1. The molecule has 0 aliphatic carbocycles. The molecular weight excluding hydrogens is 450 g/mol. The molecule has 0 saturated heterocycles. The first-order valence-electron chi connectivity index (χ1n) is 10.7. The molecule has 1 atom stereocenters. The number of thiophene rings is 1. The molecule has 8 nitrogen and oxygen atoms in total. The number of carbonyl (C=O) groups excluding carboxylic acids is 1. The number of carboxylic acid groups (broad SMARTS) is 1. The lowest BCUT2D eigenvalue weighted by Crippen LogP contribution is -2.10. The van der Waals surface area contributed by atoms with Crippen LogP contribution >= 0.6 is 11.3 Å². The van der Waals surface area contributed by atoms with Crippen LogP contribution in [0, 0.1) is 20.8 Å². The third kappa shape index (κ3) is 3.63. The maximum atomic E-state index is 11.7. The van der Waals surface area contributed by atoms with Crippen molar-refractivity contribution in [2.75, 3.05) is 0 Å². The fraction of sp³-hybridized carbons (Fsp3) is 0.200. The van der Waals surface area contributed by atoms with E-state index in [1.54, 1.807) is 23.5 Å². The highest BCUT2D eigenvalue weighted by Gasteiger charge is 2.32. The number of carboxylic acids is 1. The smallest absolute Gasteiger partial charge is 0.306 e. The molecule has 4 aromatic rings. The largest absolute Gasteiger partial charge is 0.481 e. The molecule has 1 aliphatic heterocycles. The normalized spacial score (nSPS) is 14.7. The molecule has 3 aromatic heterocycles. The molecule has 0 bridgehead atoms. The van der Waals surface area contributed by atoms with E-state index in [0.29, 0.717) is 23.0 Å². The van der Waals surface area contributed by atoms with Gasteiger partial charge in [-0.25, -0.2) is 4.98 Å². The molecule has 4 heterocycles. The van der Waals surface area contributed by atoms with Crippen molar-refractivity contribution in [3.8, 4) is 16.3 Å². The summed E-state index contributed by atoms with van der Waals surface area (Å²) in [4.78, 5) is 33.2. The molecule has 0 fully saturated rings. The number of nitrogens with zero attached hydrogens (tertiary/aromatic N) is 5. The Bertz CT molecular complexity index is 1470. The topological polar surface area (TPSA) is 110 Å². The van der Waals surface area contributed by atoms with Crippen LogP contribution in [-0.2, 0) is 4.79 Å². The van der Waals surface area contributed by atoms with Crippen LogP contribution in [0.5, 0.6) is 0 Å². The first-order chi connectivity index (χ1) is 16.4. The van der Waals surface area contributed by atoms with E-state index in [2.05, 4.69) is 29.0 Å². The fourth-order valence-corrected chi connectivity index (χ4v) is 5.38. The Labute approximate surface area is 199 Å². The lowest BCUT2D eigenvalue weighted by molar-refractivity contribution is -0.137. The number of fused-ring (bicyclic) bond motifs is 3. The van der Waals surface area contributed by atoms with Gasteiger partial charge in [-0.05, 0) is 38.5 Å². The Hall–Kier alpha value is -3.98. The van der Waals surface area contributed by atoms with E-state index in [-0.39, 0.29) is 6.42 Å². The number of aryl methyl sites for hydroxylation is 2. The molecule has 0 saturated carbocycles. The van der Waals surface area contributed by atoms with E-state index in [1.165, 1.54) is 0 Å². The standard InChI is InChI=1S/C25H21N5O3S/c1-13-14(2)34-25-22(13)23(27-20(11-21(32)33)24-29-28-15(3)30(24)25)17-9-7-16(8-10-17)19-6-4-5-18(12-31)26-19/h4-10,12,20H,11H2,1-3H3,(H,32,33)/t20-/m0/s1. The van der Waals surface area contributed by atoms with Gasteiger partial charge in [0, 0.05) is 21.6 Å². The van der Waals surface area contributed by atoms with Gasteiger partial charge in [-0.2, -0.15) is 0 Å². The molecule has 0 radical (unpaired) electrons. The summed E-state index contributed by atoms with van der Waals surface area (Å²) in [6, 6.07) is 12.4. The SMILES string of the molecule is Cc1sc2c(c1C)C(c1ccc(-c3cccc(C=O)n3)cc1)=N[C@@H](CC(=O)O)c1nnc(C)n1-2. The van der Waals surface area contributed by atoms with Crippen molar-refractivity contribution in [2.24, 2.45) is 4.99 Å². The average molecular weight is 472 g/mol. The van der Waals surface area contributed by atoms with Crippen LogP contribution in [0.2, 0.25) is 0 Å². The van der Waals surface area contributed by atoms with Crippen molar-refractivity contribution in [1.29, 1.82) is 0 Å². The minimum atomic E-state index is -0.949. The van der Waals surface area contributed by atoms with E-state index in [0.717, 1.165) is 44.1 Å². The lowest BCUT2D eigenvalue weighted by atomic mass is 9.98. The molecule has 34 heavy (non-hydrogen) atoms. The summed E-state index contributed by atoms with van der Waals surface area (Å²) in [7, 11) is 0. The van der Waals surface area contributed by atoms with Crippen LogP contribution < -0.4 is 0 Å². The van der Waals surface area contributed by atoms with E-state index in [4.69, 9.17) is 4.99 Å². The third-order valence-corrected chi connectivity index (χ3v) is 7.15. The second-order valence-electron chi connectivity index (χ2n) is 8.14. The summed E-state index contributed by atoms with van der Waals surface area (Å²) in [5.74, 6) is 0.277. The van der Waals surface area contributed by atoms with Gasteiger partial charge >= 0.3 is 5.97 Å². The van der Waals surface area contributed by atoms with Gasteiger partial charge < -0.3 is 5.11 Å². The first kappa shape index (κ1) is 21.8. The summed E-state index contributed by atoms with van der Waals surface area (Å²) >= 11 is 1.63. The molecule has 9 heteroatoms. The quantitative estimate of drug-likeness (QED) is 0.429. The van der Waals surface area contributed by atoms with Gasteiger partial charge in [-0.1, -0.05) is 30.3 Å². The highest BCUT2D eigenvalue weighted by Crippen LogP contribution is 2.39. The number of aromatic nitrogens is 4. The maximum absolute atomic E-state index is 11.7. The molecule has 1 aliphatic rings. The Morgan fingerprint density at radius 3 is 2.53 bits per heavy atom. The highest BCUT2D eigenvalue weighted by atomic mass is 32.1. The van der Waals surface area contributed by atoms with Gasteiger partial charge in [-0.3, -0.25) is 19.1 Å². The summed E-state index contributed by atoms with van der Waals surface area (Å²) in [5, 5.41) is 19.0. The monoisotopic (exact) mass is 471 g/mol. The minimum absolute atomic E-state index is 0.185. The lowest BCUT2D eigenvalue weighted by Gasteiger charge is -2.11. The molecule has 0 amide bonds. The zero-order valence-electron chi connectivity index (χ0n) is 18.8. The second kappa shape index (κ2) is 8.42. The molecular formula is C25H21N5O3S. The number of hydrogen-bond donors (Lipinski definition) is 1. The molecule has 1 N–H and O–H groups in total. The minimum Gasteiger partial charge on any atom is -0.481 e. The summed E-state index contributed by atoms with van der Waals surface area (Å²) < 4.78 is 1.94. The van der Waals surface area contributed by atoms with Crippen molar-refractivity contribution in [3.63, 3.8) is 0 Å². The number of rotatable bonds is 5. The van der Waals surface area contributed by atoms with E-state index < -0.39 is 12.0 Å². The van der Waals surface area contributed by atoms with Gasteiger partial charge in [0.1, 0.15) is 22.6 Å². The van der Waals surface area contributed by atoms with Crippen molar-refractivity contribution < 1.29 is 14.7 Å². The first-order valence-corrected chi connectivity index (χ1v) is 11.5. The summed E-state index contributed by atoms with van der Waals surface area (Å²) in [6.07, 6.45) is 0.541. The van der Waals surface area contributed by atoms with Crippen molar-refractivity contribution >= 4 is 29.3 Å². The van der Waals surface area contributed by atoms with Crippen LogP contribution in [0.15, 0.2) is 47.5 Å². The van der Waals surface area contributed by atoms with Crippen molar-refractivity contribution in [2.45, 2.75) is 33.2 Å². The number of aliphatic imine (C=N–C) groups is 1. The van der Waals surface area contributed by atoms with Crippen LogP contribution in [0.1, 0.15) is 56.2 Å². The Balaban J connectivity index is 1.67. The van der Waals surface area contributed by atoms with Crippen molar-refractivity contribution in [3.05, 3.63) is 81.4 Å². The number of aldehydes is 1. The van der Waals surface area contributed by atoms with Gasteiger partial charge in [0.25, 0.3) is 0 Å². The van der Waals surface area contributed by atoms with E-state index in [1.807, 2.05) is 41.8 Å². The number of hydrogen-bond acceptors (Lipinski definition) is 7. The van der Waals surface area contributed by atoms with Crippen LogP contribution in [-0.4, -0.2) is 42.8 Å². The highest BCUT2D eigenvalue weighted by molar-refractivity contribution is 7.15. The van der Waals surface area contributed by atoms with Gasteiger partial charge in [0.05, 0.1) is 17.8 Å². The molecule has 0 unspecified atom stereocenters. The molecule has 5 rings (SSSR count). The molecule has 0 spiro atoms. The summed E-state index contributed by atoms with van der Waals surface area (Å²) in [5.41, 5.74) is 5.60. The number of pyridine rings is 1. The van der Waals surface area contributed by atoms with Crippen LogP contribution in [0.25, 0.3) is 16.3 Å². The fourth-order valence-electron chi connectivity index (χ4n) is 4.17. The van der Waals surface area contributed by atoms with Crippen LogP contribution in [0.3, 0.4) is 0 Å². The van der Waals surface area contributed by atoms with Gasteiger partial charge in [-0.15, -0.1) is 21.5 Å². The average Bonchev–Trinajstić information content (AvgIpc) is 3.31. The van der Waals surface area contributed by atoms with E-state index in [9.17, 15) is 14.7 Å². The predicted molar refractivity (Wildman–Crippen MR) is 129 cm³/mol. The van der Waals surface area contributed by atoms with Crippen molar-refractivity contribution in [1.82, 2.24) is 19.7 Å². The van der Waals surface area contributed by atoms with Gasteiger partial charge in [0.2, 0.25) is 0 Å². The third-order valence-electron chi connectivity index (χ3n) is 5.95. The van der Waals surface area contributed by atoms with E-state index >= 15 is 0 Å². The Morgan fingerprint density at radius 2 is 1.82 bits per heavy atom.